The fourth-order valence-corrected chi connectivity index (χ4v) is 2.40. The molecule has 0 aliphatic carbocycles. The van der Waals surface area contributed by atoms with E-state index in [0.717, 1.165) is 39.0 Å². The van der Waals surface area contributed by atoms with Gasteiger partial charge in [-0.15, -0.1) is 0 Å². The van der Waals surface area contributed by atoms with E-state index in [1.54, 1.807) is 11.0 Å². The van der Waals surface area contributed by atoms with Crippen molar-refractivity contribution in [2.75, 3.05) is 19.8 Å². The third-order valence-electron chi connectivity index (χ3n) is 3.44. The molecular formula is C12H19NO3. The quantitative estimate of drug-likeness (QED) is 0.791. The van der Waals surface area contributed by atoms with Crippen LogP contribution < -0.4 is 0 Å². The Morgan fingerprint density at radius 3 is 2.81 bits per heavy atom. The fourth-order valence-electron chi connectivity index (χ4n) is 2.40. The van der Waals surface area contributed by atoms with Gasteiger partial charge >= 0.3 is 0 Å². The van der Waals surface area contributed by atoms with E-state index in [2.05, 4.69) is 0 Å². The van der Waals surface area contributed by atoms with E-state index in [0.29, 0.717) is 5.92 Å². The van der Waals surface area contributed by atoms with Crippen LogP contribution in [0.5, 0.6) is 0 Å². The lowest BCUT2D eigenvalue weighted by Gasteiger charge is -2.30. The number of carbonyl (C=O) groups is 1. The highest BCUT2D eigenvalue weighted by molar-refractivity contribution is 5.94. The molecule has 0 bridgehead atoms. The normalized spacial score (nSPS) is 27.3. The van der Waals surface area contributed by atoms with E-state index >= 15 is 0 Å². The van der Waals surface area contributed by atoms with Gasteiger partial charge in [0.1, 0.15) is 0 Å². The van der Waals surface area contributed by atoms with E-state index < -0.39 is 0 Å². The lowest BCUT2D eigenvalue weighted by atomic mass is 9.99. The van der Waals surface area contributed by atoms with E-state index in [1.165, 1.54) is 0 Å². The Morgan fingerprint density at radius 1 is 1.50 bits per heavy atom. The van der Waals surface area contributed by atoms with Gasteiger partial charge in [-0.05, 0) is 31.3 Å². The van der Waals surface area contributed by atoms with E-state index in [9.17, 15) is 9.90 Å². The molecule has 4 nitrogen and oxygen atoms in total. The average Bonchev–Trinajstić information content (AvgIpc) is 2.58. The molecule has 0 aromatic heterocycles. The van der Waals surface area contributed by atoms with Crippen molar-refractivity contribution in [2.24, 2.45) is 5.92 Å². The van der Waals surface area contributed by atoms with Crippen molar-refractivity contribution in [2.45, 2.75) is 32.2 Å². The van der Waals surface area contributed by atoms with Crippen LogP contribution in [0.4, 0.5) is 0 Å². The molecular weight excluding hydrogens is 206 g/mol. The number of rotatable bonds is 3. The Morgan fingerprint density at radius 2 is 2.19 bits per heavy atom. The van der Waals surface area contributed by atoms with Gasteiger partial charge in [0.15, 0.2) is 5.76 Å². The third-order valence-corrected chi connectivity index (χ3v) is 3.44. The Labute approximate surface area is 95.9 Å². The smallest absolute Gasteiger partial charge is 0.288 e. The minimum atomic E-state index is -0.210. The molecule has 2 aliphatic heterocycles. The summed E-state index contributed by atoms with van der Waals surface area (Å²) in [6, 6.07) is 0.0790. The third kappa shape index (κ3) is 2.21. The second kappa shape index (κ2) is 4.87. The molecule has 0 radical (unpaired) electrons. The topological polar surface area (TPSA) is 49.8 Å². The number of aliphatic hydroxyl groups excluding tert-OH is 1. The highest BCUT2D eigenvalue weighted by Gasteiger charge is 2.32. The van der Waals surface area contributed by atoms with Gasteiger partial charge < -0.3 is 14.7 Å². The molecule has 0 saturated carbocycles. The maximum absolute atomic E-state index is 11.7. The summed E-state index contributed by atoms with van der Waals surface area (Å²) in [5.74, 6) is 0.225. The molecule has 0 aromatic carbocycles. The molecule has 2 rings (SSSR count). The molecule has 0 spiro atoms. The SMILES string of the molecule is CCC1C=C(O)C(=O)N1CC1CCOCC1. The van der Waals surface area contributed by atoms with Crippen LogP contribution in [0, 0.1) is 5.92 Å². The van der Waals surface area contributed by atoms with Crippen molar-refractivity contribution in [1.29, 1.82) is 0 Å². The van der Waals surface area contributed by atoms with Gasteiger partial charge in [0, 0.05) is 19.8 Å². The largest absolute Gasteiger partial charge is 0.503 e. The second-order valence-electron chi connectivity index (χ2n) is 4.54. The predicted octanol–water partition coefficient (Wildman–Crippen LogP) is 1.48. The lowest BCUT2D eigenvalue weighted by molar-refractivity contribution is -0.130. The molecule has 0 aromatic rings. The van der Waals surface area contributed by atoms with Gasteiger partial charge in [0.2, 0.25) is 0 Å². The number of hydrogen-bond acceptors (Lipinski definition) is 3. The number of carbonyl (C=O) groups excluding carboxylic acids is 1. The van der Waals surface area contributed by atoms with Crippen LogP contribution in [0.1, 0.15) is 26.2 Å². The van der Waals surface area contributed by atoms with Crippen LogP contribution in [0.3, 0.4) is 0 Å². The highest BCUT2D eigenvalue weighted by atomic mass is 16.5. The van der Waals surface area contributed by atoms with Gasteiger partial charge in [-0.25, -0.2) is 0 Å². The lowest BCUT2D eigenvalue weighted by Crippen LogP contribution is -2.39. The summed E-state index contributed by atoms with van der Waals surface area (Å²) in [4.78, 5) is 13.5. The van der Waals surface area contributed by atoms with E-state index in [4.69, 9.17) is 4.74 Å². The summed E-state index contributed by atoms with van der Waals surface area (Å²) >= 11 is 0. The van der Waals surface area contributed by atoms with Crippen LogP contribution in [-0.4, -0.2) is 41.7 Å². The Kier molecular flexibility index (Phi) is 3.49. The van der Waals surface area contributed by atoms with Crippen LogP contribution >= 0.6 is 0 Å². The Balaban J connectivity index is 1.95. The van der Waals surface area contributed by atoms with Crippen molar-refractivity contribution in [3.8, 4) is 0 Å². The molecule has 90 valence electrons. The monoisotopic (exact) mass is 225 g/mol. The van der Waals surface area contributed by atoms with Crippen molar-refractivity contribution in [3.63, 3.8) is 0 Å². The molecule has 1 saturated heterocycles. The molecule has 2 heterocycles. The molecule has 1 unspecified atom stereocenters. The van der Waals surface area contributed by atoms with Crippen LogP contribution in [-0.2, 0) is 9.53 Å². The molecule has 1 amide bonds. The number of ether oxygens (including phenoxy) is 1. The van der Waals surface area contributed by atoms with Gasteiger partial charge in [0.05, 0.1) is 6.04 Å². The molecule has 2 aliphatic rings. The molecule has 16 heavy (non-hydrogen) atoms. The van der Waals surface area contributed by atoms with Crippen LogP contribution in [0.15, 0.2) is 11.8 Å². The minimum absolute atomic E-state index is 0.0790. The van der Waals surface area contributed by atoms with Gasteiger partial charge in [-0.2, -0.15) is 0 Å². The van der Waals surface area contributed by atoms with Gasteiger partial charge in [0.25, 0.3) is 5.91 Å². The first-order chi connectivity index (χ1) is 7.72. The summed E-state index contributed by atoms with van der Waals surface area (Å²) in [7, 11) is 0. The second-order valence-corrected chi connectivity index (χ2v) is 4.54. The van der Waals surface area contributed by atoms with Crippen molar-refractivity contribution in [3.05, 3.63) is 11.8 Å². The summed E-state index contributed by atoms with van der Waals surface area (Å²) in [6.07, 6.45) is 4.56. The van der Waals surface area contributed by atoms with E-state index in [-0.39, 0.29) is 17.7 Å². The molecule has 1 N–H and O–H groups in total. The fraction of sp³-hybridized carbons (Fsp3) is 0.750. The number of hydrogen-bond donors (Lipinski definition) is 1. The first kappa shape index (κ1) is 11.5. The van der Waals surface area contributed by atoms with Crippen LogP contribution in [0.25, 0.3) is 0 Å². The van der Waals surface area contributed by atoms with Crippen molar-refractivity contribution < 1.29 is 14.6 Å². The number of amides is 1. The van der Waals surface area contributed by atoms with Gasteiger partial charge in [-0.3, -0.25) is 4.79 Å². The summed E-state index contributed by atoms with van der Waals surface area (Å²) in [5.41, 5.74) is 0. The first-order valence-corrected chi connectivity index (χ1v) is 6.02. The maximum atomic E-state index is 11.7. The summed E-state index contributed by atoms with van der Waals surface area (Å²) in [6.45, 7) is 4.37. The minimum Gasteiger partial charge on any atom is -0.503 e. The van der Waals surface area contributed by atoms with Crippen molar-refractivity contribution >= 4 is 5.91 Å². The highest BCUT2D eigenvalue weighted by Crippen LogP contribution is 2.23. The number of aliphatic hydroxyl groups is 1. The molecule has 1 fully saturated rings. The Bertz CT molecular complexity index is 295. The van der Waals surface area contributed by atoms with E-state index in [1.807, 2.05) is 6.92 Å². The number of nitrogens with zero attached hydrogens (tertiary/aromatic N) is 1. The molecule has 4 heteroatoms. The first-order valence-electron chi connectivity index (χ1n) is 6.02. The Hall–Kier alpha value is -1.03. The zero-order chi connectivity index (χ0) is 11.5. The standard InChI is InChI=1S/C12H19NO3/c1-2-10-7-11(14)12(15)13(10)8-9-3-5-16-6-4-9/h7,9-10,14H,2-6,8H2,1H3. The zero-order valence-corrected chi connectivity index (χ0v) is 9.69. The average molecular weight is 225 g/mol. The predicted molar refractivity (Wildman–Crippen MR) is 60.0 cm³/mol. The van der Waals surface area contributed by atoms with Crippen molar-refractivity contribution in [1.82, 2.24) is 4.90 Å². The maximum Gasteiger partial charge on any atom is 0.288 e. The summed E-state index contributed by atoms with van der Waals surface area (Å²) in [5, 5.41) is 9.44. The summed E-state index contributed by atoms with van der Waals surface area (Å²) < 4.78 is 5.30. The van der Waals surface area contributed by atoms with Crippen LogP contribution in [0.2, 0.25) is 0 Å². The molecule has 1 atom stereocenters. The zero-order valence-electron chi connectivity index (χ0n) is 9.69. The van der Waals surface area contributed by atoms with Gasteiger partial charge in [-0.1, -0.05) is 6.92 Å².